The number of ether oxygens (including phenoxy) is 1. The van der Waals surface area contributed by atoms with Gasteiger partial charge in [0, 0.05) is 15.2 Å². The van der Waals surface area contributed by atoms with Gasteiger partial charge in [-0.15, -0.1) is 24.8 Å². The SMILES string of the molecule is O=Cc1cc(OC(F)(F)F)nc(CCl)c1I. The van der Waals surface area contributed by atoms with Crippen LogP contribution >= 0.6 is 34.2 Å². The second-order valence-corrected chi connectivity index (χ2v) is 3.96. The molecule has 0 amide bonds. The minimum atomic E-state index is -4.84. The number of nitrogens with zero attached hydrogens (tertiary/aromatic N) is 1. The first-order valence-corrected chi connectivity index (χ1v) is 5.45. The van der Waals surface area contributed by atoms with Crippen molar-refractivity contribution in [1.82, 2.24) is 4.98 Å². The number of alkyl halides is 4. The van der Waals surface area contributed by atoms with Gasteiger partial charge in [0.25, 0.3) is 0 Å². The molecule has 0 fully saturated rings. The first-order chi connectivity index (χ1) is 7.37. The van der Waals surface area contributed by atoms with Crippen LogP contribution in [0, 0.1) is 3.57 Å². The molecule has 1 aromatic rings. The molecule has 3 nitrogen and oxygen atoms in total. The van der Waals surface area contributed by atoms with Crippen LogP contribution in [0.2, 0.25) is 0 Å². The van der Waals surface area contributed by atoms with E-state index in [9.17, 15) is 18.0 Å². The second kappa shape index (κ2) is 5.17. The lowest BCUT2D eigenvalue weighted by Gasteiger charge is -2.10. The van der Waals surface area contributed by atoms with Crippen molar-refractivity contribution in [3.05, 3.63) is 20.9 Å². The Kier molecular flexibility index (Phi) is 4.36. The summed E-state index contributed by atoms with van der Waals surface area (Å²) in [6, 6.07) is 0.915. The number of pyridine rings is 1. The highest BCUT2D eigenvalue weighted by molar-refractivity contribution is 14.1. The molecule has 0 aliphatic rings. The van der Waals surface area contributed by atoms with Crippen LogP contribution in [0.4, 0.5) is 13.2 Å². The fraction of sp³-hybridized carbons (Fsp3) is 0.250. The summed E-state index contributed by atoms with van der Waals surface area (Å²) >= 11 is 7.26. The van der Waals surface area contributed by atoms with Crippen LogP contribution in [0.1, 0.15) is 16.1 Å². The van der Waals surface area contributed by atoms with Crippen LogP contribution in [-0.2, 0) is 5.88 Å². The molecule has 0 unspecified atom stereocenters. The number of aldehydes is 1. The minimum Gasteiger partial charge on any atom is -0.388 e. The van der Waals surface area contributed by atoms with E-state index in [0.29, 0.717) is 9.86 Å². The van der Waals surface area contributed by atoms with E-state index in [4.69, 9.17) is 11.6 Å². The van der Waals surface area contributed by atoms with E-state index in [2.05, 4.69) is 9.72 Å². The summed E-state index contributed by atoms with van der Waals surface area (Å²) in [5.41, 5.74) is 0.233. The van der Waals surface area contributed by atoms with Crippen LogP contribution < -0.4 is 4.74 Å². The van der Waals surface area contributed by atoms with E-state index in [-0.39, 0.29) is 17.1 Å². The lowest BCUT2D eigenvalue weighted by Crippen LogP contribution is -2.18. The largest absolute Gasteiger partial charge is 0.574 e. The van der Waals surface area contributed by atoms with Crippen molar-refractivity contribution in [1.29, 1.82) is 0 Å². The van der Waals surface area contributed by atoms with Crippen molar-refractivity contribution in [2.75, 3.05) is 0 Å². The lowest BCUT2D eigenvalue weighted by atomic mass is 10.2. The third kappa shape index (κ3) is 3.48. The number of carbonyl (C=O) groups is 1. The number of hydrogen-bond donors (Lipinski definition) is 0. The minimum absolute atomic E-state index is 0.0606. The monoisotopic (exact) mass is 365 g/mol. The number of halogens is 5. The topological polar surface area (TPSA) is 39.2 Å². The molecule has 0 aromatic carbocycles. The zero-order valence-corrected chi connectivity index (χ0v) is 10.4. The van der Waals surface area contributed by atoms with E-state index in [1.807, 2.05) is 0 Å². The van der Waals surface area contributed by atoms with Gasteiger partial charge in [0.05, 0.1) is 11.6 Å². The van der Waals surface area contributed by atoms with E-state index in [1.165, 1.54) is 0 Å². The van der Waals surface area contributed by atoms with Gasteiger partial charge in [0.2, 0.25) is 5.88 Å². The van der Waals surface area contributed by atoms with Crippen molar-refractivity contribution in [2.45, 2.75) is 12.2 Å². The van der Waals surface area contributed by atoms with Crippen molar-refractivity contribution in [2.24, 2.45) is 0 Å². The Labute approximate surface area is 107 Å². The van der Waals surface area contributed by atoms with E-state index in [0.717, 1.165) is 6.07 Å². The molecule has 88 valence electrons. The molecule has 8 heteroatoms. The second-order valence-electron chi connectivity index (χ2n) is 2.61. The maximum atomic E-state index is 11.9. The normalized spacial score (nSPS) is 11.3. The summed E-state index contributed by atoms with van der Waals surface area (Å²) < 4.78 is 39.8. The van der Waals surface area contributed by atoms with E-state index >= 15 is 0 Å². The molecule has 0 aliphatic heterocycles. The van der Waals surface area contributed by atoms with Crippen molar-refractivity contribution < 1.29 is 22.7 Å². The molecule has 0 saturated carbocycles. The first-order valence-electron chi connectivity index (χ1n) is 3.83. The van der Waals surface area contributed by atoms with Crippen LogP contribution in [0.3, 0.4) is 0 Å². The van der Waals surface area contributed by atoms with Gasteiger partial charge in [-0.25, -0.2) is 4.98 Å². The zero-order valence-electron chi connectivity index (χ0n) is 7.52. The van der Waals surface area contributed by atoms with Crippen molar-refractivity contribution in [3.8, 4) is 5.88 Å². The molecule has 0 radical (unpaired) electrons. The molecule has 0 spiro atoms. The molecule has 1 rings (SSSR count). The van der Waals surface area contributed by atoms with Crippen LogP contribution in [0.5, 0.6) is 5.88 Å². The molecule has 0 saturated heterocycles. The number of carbonyl (C=O) groups excluding carboxylic acids is 1. The van der Waals surface area contributed by atoms with Crippen LogP contribution in [0.15, 0.2) is 6.07 Å². The Hall–Kier alpha value is -0.570. The van der Waals surface area contributed by atoms with Gasteiger partial charge >= 0.3 is 6.36 Å². The summed E-state index contributed by atoms with van der Waals surface area (Å²) in [7, 11) is 0. The van der Waals surface area contributed by atoms with E-state index < -0.39 is 12.2 Å². The Bertz CT molecular complexity index is 411. The smallest absolute Gasteiger partial charge is 0.388 e. The predicted molar refractivity (Wildman–Crippen MR) is 58.6 cm³/mol. The third-order valence-electron chi connectivity index (χ3n) is 1.50. The Morgan fingerprint density at radius 1 is 1.56 bits per heavy atom. The summed E-state index contributed by atoms with van der Waals surface area (Å²) in [5.74, 6) is -0.792. The summed E-state index contributed by atoms with van der Waals surface area (Å²) in [4.78, 5) is 14.1. The first kappa shape index (κ1) is 13.5. The molecule has 1 heterocycles. The third-order valence-corrected chi connectivity index (χ3v) is 3.00. The van der Waals surface area contributed by atoms with Gasteiger partial charge in [-0.2, -0.15) is 0 Å². The predicted octanol–water partition coefficient (Wildman–Crippen LogP) is 3.14. The maximum absolute atomic E-state index is 11.9. The van der Waals surface area contributed by atoms with Gasteiger partial charge < -0.3 is 4.74 Å². The summed E-state index contributed by atoms with van der Waals surface area (Å²) in [6.45, 7) is 0. The highest BCUT2D eigenvalue weighted by Gasteiger charge is 2.32. The van der Waals surface area contributed by atoms with Crippen LogP contribution in [0.25, 0.3) is 0 Å². The molecule has 0 atom stereocenters. The maximum Gasteiger partial charge on any atom is 0.574 e. The Morgan fingerprint density at radius 3 is 2.62 bits per heavy atom. The van der Waals surface area contributed by atoms with Crippen LogP contribution in [-0.4, -0.2) is 17.6 Å². The number of aromatic nitrogens is 1. The molecule has 0 N–H and O–H groups in total. The van der Waals surface area contributed by atoms with E-state index in [1.54, 1.807) is 22.6 Å². The average Bonchev–Trinajstić information content (AvgIpc) is 2.18. The molecule has 1 aromatic heterocycles. The lowest BCUT2D eigenvalue weighted by molar-refractivity contribution is -0.276. The molecule has 0 aliphatic carbocycles. The average molecular weight is 365 g/mol. The summed E-state index contributed by atoms with van der Waals surface area (Å²) in [5, 5.41) is 0. The molecule has 16 heavy (non-hydrogen) atoms. The summed E-state index contributed by atoms with van der Waals surface area (Å²) in [6.07, 6.45) is -4.42. The fourth-order valence-corrected chi connectivity index (χ4v) is 1.94. The van der Waals surface area contributed by atoms with Gasteiger partial charge in [0.15, 0.2) is 6.29 Å². The van der Waals surface area contributed by atoms with Crippen molar-refractivity contribution >= 4 is 40.5 Å². The Morgan fingerprint density at radius 2 is 2.19 bits per heavy atom. The number of hydrogen-bond acceptors (Lipinski definition) is 3. The molecular formula is C8H4ClF3INO2. The van der Waals surface area contributed by atoms with Crippen molar-refractivity contribution in [3.63, 3.8) is 0 Å². The van der Waals surface area contributed by atoms with Gasteiger partial charge in [0.1, 0.15) is 0 Å². The highest BCUT2D eigenvalue weighted by atomic mass is 127. The van der Waals surface area contributed by atoms with Gasteiger partial charge in [-0.05, 0) is 22.6 Å². The molecular weight excluding hydrogens is 361 g/mol. The standard InChI is InChI=1S/C8H4ClF3INO2/c9-2-5-7(13)4(3-15)1-6(14-5)16-8(10,11)12/h1,3H,2H2. The zero-order chi connectivity index (χ0) is 12.3. The molecule has 0 bridgehead atoms. The Balaban J connectivity index is 3.17. The highest BCUT2D eigenvalue weighted by Crippen LogP contribution is 2.25. The fourth-order valence-electron chi connectivity index (χ4n) is 0.923. The van der Waals surface area contributed by atoms with Gasteiger partial charge in [-0.1, -0.05) is 0 Å². The van der Waals surface area contributed by atoms with Gasteiger partial charge in [-0.3, -0.25) is 4.79 Å². The quantitative estimate of drug-likeness (QED) is 0.469. The number of rotatable bonds is 3.